The van der Waals surface area contributed by atoms with Gasteiger partial charge in [-0.15, -0.1) is 0 Å². The standard InChI is InChI=1S/C18H18F2N4O3/c19-12-7-13(20)9-14(8-12)24-4-2-16(22-24)21-17(25)6-11-1-3-23-15(5-11)10-27-18(23)26/h2,4,7-9,11,15H,1,3,5-6,10H2,(H,21,22,25)/t11-,15?/m0/s1. The third-order valence-electron chi connectivity index (χ3n) is 4.90. The molecule has 2 atom stereocenters. The lowest BCUT2D eigenvalue weighted by Gasteiger charge is -2.31. The Morgan fingerprint density at radius 2 is 2.07 bits per heavy atom. The van der Waals surface area contributed by atoms with Crippen molar-refractivity contribution in [3.8, 4) is 5.69 Å². The highest BCUT2D eigenvalue weighted by Gasteiger charge is 2.38. The minimum atomic E-state index is -0.702. The van der Waals surface area contributed by atoms with E-state index in [1.54, 1.807) is 11.0 Å². The van der Waals surface area contributed by atoms with Gasteiger partial charge in [-0.2, -0.15) is 5.10 Å². The molecule has 27 heavy (non-hydrogen) atoms. The molecule has 0 bridgehead atoms. The molecule has 9 heteroatoms. The maximum Gasteiger partial charge on any atom is 0.410 e. The van der Waals surface area contributed by atoms with Crippen LogP contribution in [0.15, 0.2) is 30.5 Å². The summed E-state index contributed by atoms with van der Waals surface area (Å²) in [5.41, 5.74) is 0.228. The number of amides is 2. The Kier molecular flexibility index (Phi) is 4.51. The molecule has 3 heterocycles. The van der Waals surface area contributed by atoms with Crippen molar-refractivity contribution in [1.29, 1.82) is 0 Å². The maximum atomic E-state index is 13.3. The number of cyclic esters (lactones) is 1. The molecular formula is C18H18F2N4O3. The Labute approximate surface area is 153 Å². The second-order valence-corrected chi connectivity index (χ2v) is 6.84. The molecule has 1 N–H and O–H groups in total. The summed E-state index contributed by atoms with van der Waals surface area (Å²) in [6, 6.07) is 4.70. The zero-order chi connectivity index (χ0) is 19.0. The van der Waals surface area contributed by atoms with Gasteiger partial charge in [0.05, 0.1) is 11.7 Å². The zero-order valence-electron chi connectivity index (χ0n) is 14.4. The molecular weight excluding hydrogens is 358 g/mol. The predicted molar refractivity (Wildman–Crippen MR) is 91.3 cm³/mol. The zero-order valence-corrected chi connectivity index (χ0v) is 14.4. The van der Waals surface area contributed by atoms with Crippen molar-refractivity contribution in [2.75, 3.05) is 18.5 Å². The molecule has 4 rings (SSSR count). The number of ether oxygens (including phenoxy) is 1. The van der Waals surface area contributed by atoms with Crippen molar-refractivity contribution >= 4 is 17.8 Å². The van der Waals surface area contributed by atoms with Crippen LogP contribution < -0.4 is 5.32 Å². The number of hydrogen-bond donors (Lipinski definition) is 1. The third kappa shape index (κ3) is 3.76. The molecule has 1 aromatic heterocycles. The fourth-order valence-corrected chi connectivity index (χ4v) is 3.63. The van der Waals surface area contributed by atoms with Crippen molar-refractivity contribution in [1.82, 2.24) is 14.7 Å². The quantitative estimate of drug-likeness (QED) is 0.890. The summed E-state index contributed by atoms with van der Waals surface area (Å²) >= 11 is 0. The normalized spacial score (nSPS) is 21.7. The minimum Gasteiger partial charge on any atom is -0.447 e. The average molecular weight is 376 g/mol. The molecule has 0 saturated carbocycles. The fourth-order valence-electron chi connectivity index (χ4n) is 3.63. The summed E-state index contributed by atoms with van der Waals surface area (Å²) in [6.07, 6.45) is 3.04. The first kappa shape index (κ1) is 17.4. The molecule has 7 nitrogen and oxygen atoms in total. The fraction of sp³-hybridized carbons (Fsp3) is 0.389. The van der Waals surface area contributed by atoms with E-state index in [0.717, 1.165) is 31.0 Å². The molecule has 142 valence electrons. The summed E-state index contributed by atoms with van der Waals surface area (Å²) in [6.45, 7) is 0.979. The molecule has 1 aromatic carbocycles. The van der Waals surface area contributed by atoms with Gasteiger partial charge in [-0.05, 0) is 30.9 Å². The van der Waals surface area contributed by atoms with Crippen LogP contribution in [0.1, 0.15) is 19.3 Å². The summed E-state index contributed by atoms with van der Waals surface area (Å²) in [4.78, 5) is 25.5. The Morgan fingerprint density at radius 1 is 1.30 bits per heavy atom. The van der Waals surface area contributed by atoms with Crippen LogP contribution in [-0.4, -0.2) is 45.9 Å². The molecule has 2 aliphatic rings. The van der Waals surface area contributed by atoms with Gasteiger partial charge in [-0.3, -0.25) is 4.79 Å². The number of hydrogen-bond acceptors (Lipinski definition) is 4. The van der Waals surface area contributed by atoms with E-state index >= 15 is 0 Å². The van der Waals surface area contributed by atoms with Gasteiger partial charge in [0.2, 0.25) is 5.91 Å². The Hall–Kier alpha value is -2.97. The average Bonchev–Trinajstić information content (AvgIpc) is 3.21. The van der Waals surface area contributed by atoms with Crippen LogP contribution in [0.2, 0.25) is 0 Å². The van der Waals surface area contributed by atoms with Crippen molar-refractivity contribution in [3.63, 3.8) is 0 Å². The number of fused-ring (bicyclic) bond motifs is 1. The van der Waals surface area contributed by atoms with Gasteiger partial charge in [-0.1, -0.05) is 0 Å². The van der Waals surface area contributed by atoms with E-state index in [-0.39, 0.29) is 29.6 Å². The van der Waals surface area contributed by atoms with E-state index in [4.69, 9.17) is 4.74 Å². The van der Waals surface area contributed by atoms with Crippen LogP contribution in [0, 0.1) is 17.6 Å². The number of carbonyl (C=O) groups excluding carboxylic acids is 2. The molecule has 2 fully saturated rings. The lowest BCUT2D eigenvalue weighted by molar-refractivity contribution is -0.117. The first-order valence-corrected chi connectivity index (χ1v) is 8.73. The molecule has 0 aliphatic carbocycles. The van der Waals surface area contributed by atoms with Crippen molar-refractivity contribution in [2.24, 2.45) is 5.92 Å². The summed E-state index contributed by atoms with van der Waals surface area (Å²) in [5, 5.41) is 6.84. The smallest absolute Gasteiger partial charge is 0.410 e. The second-order valence-electron chi connectivity index (χ2n) is 6.84. The highest BCUT2D eigenvalue weighted by atomic mass is 19.1. The molecule has 2 saturated heterocycles. The van der Waals surface area contributed by atoms with E-state index in [9.17, 15) is 18.4 Å². The van der Waals surface area contributed by atoms with Crippen LogP contribution in [-0.2, 0) is 9.53 Å². The Balaban J connectivity index is 1.35. The number of aromatic nitrogens is 2. The van der Waals surface area contributed by atoms with Crippen LogP contribution in [0.5, 0.6) is 0 Å². The number of anilines is 1. The lowest BCUT2D eigenvalue weighted by Crippen LogP contribution is -2.41. The van der Waals surface area contributed by atoms with Gasteiger partial charge < -0.3 is 15.0 Å². The monoisotopic (exact) mass is 376 g/mol. The second kappa shape index (κ2) is 6.98. The Morgan fingerprint density at radius 3 is 2.85 bits per heavy atom. The number of rotatable bonds is 4. The van der Waals surface area contributed by atoms with Gasteiger partial charge in [0.1, 0.15) is 18.2 Å². The minimum absolute atomic E-state index is 0.0473. The van der Waals surface area contributed by atoms with Gasteiger partial charge in [0.25, 0.3) is 0 Å². The van der Waals surface area contributed by atoms with Crippen molar-refractivity contribution in [3.05, 3.63) is 42.1 Å². The van der Waals surface area contributed by atoms with Gasteiger partial charge in [0, 0.05) is 31.3 Å². The van der Waals surface area contributed by atoms with E-state index in [1.807, 2.05) is 0 Å². The van der Waals surface area contributed by atoms with Crippen LogP contribution in [0.4, 0.5) is 19.4 Å². The number of benzene rings is 1. The lowest BCUT2D eigenvalue weighted by atomic mass is 9.89. The maximum absolute atomic E-state index is 13.3. The first-order chi connectivity index (χ1) is 13.0. The molecule has 2 amide bonds. The van der Waals surface area contributed by atoms with Gasteiger partial charge in [0.15, 0.2) is 5.82 Å². The molecule has 2 aromatic rings. The Bertz CT molecular complexity index is 865. The molecule has 0 spiro atoms. The largest absolute Gasteiger partial charge is 0.447 e. The molecule has 1 unspecified atom stereocenters. The highest BCUT2D eigenvalue weighted by Crippen LogP contribution is 2.29. The highest BCUT2D eigenvalue weighted by molar-refractivity contribution is 5.89. The third-order valence-corrected chi connectivity index (χ3v) is 4.90. The number of halogens is 2. The molecule has 0 radical (unpaired) electrons. The van der Waals surface area contributed by atoms with Gasteiger partial charge >= 0.3 is 6.09 Å². The summed E-state index contributed by atoms with van der Waals surface area (Å²) in [7, 11) is 0. The summed E-state index contributed by atoms with van der Waals surface area (Å²) < 4.78 is 33.0. The van der Waals surface area contributed by atoms with Crippen LogP contribution >= 0.6 is 0 Å². The van der Waals surface area contributed by atoms with Crippen LogP contribution in [0.3, 0.4) is 0 Å². The van der Waals surface area contributed by atoms with E-state index < -0.39 is 11.6 Å². The van der Waals surface area contributed by atoms with E-state index in [0.29, 0.717) is 25.4 Å². The number of piperidine rings is 1. The summed E-state index contributed by atoms with van der Waals surface area (Å²) in [5.74, 6) is -1.12. The van der Waals surface area contributed by atoms with Gasteiger partial charge in [-0.25, -0.2) is 18.3 Å². The van der Waals surface area contributed by atoms with E-state index in [2.05, 4.69) is 10.4 Å². The predicted octanol–water partition coefficient (Wildman–Crippen LogP) is 2.71. The topological polar surface area (TPSA) is 76.5 Å². The van der Waals surface area contributed by atoms with Crippen LogP contribution in [0.25, 0.3) is 5.69 Å². The number of carbonyl (C=O) groups is 2. The van der Waals surface area contributed by atoms with Crippen molar-refractivity contribution < 1.29 is 23.1 Å². The number of nitrogens with zero attached hydrogens (tertiary/aromatic N) is 3. The first-order valence-electron chi connectivity index (χ1n) is 8.73. The van der Waals surface area contributed by atoms with E-state index in [1.165, 1.54) is 10.9 Å². The number of nitrogens with one attached hydrogen (secondary N) is 1. The molecule has 2 aliphatic heterocycles. The SMILES string of the molecule is O=C(C[C@H]1CCN2C(=O)OCC2C1)Nc1ccn(-c2cc(F)cc(F)c2)n1. The van der Waals surface area contributed by atoms with Crippen molar-refractivity contribution in [2.45, 2.75) is 25.3 Å².